The van der Waals surface area contributed by atoms with Crippen LogP contribution in [0.25, 0.3) is 0 Å². The topological polar surface area (TPSA) is 153 Å². The van der Waals surface area contributed by atoms with E-state index in [-0.39, 0.29) is 13.0 Å². The van der Waals surface area contributed by atoms with Crippen molar-refractivity contribution >= 4 is 17.9 Å². The first-order valence-corrected chi connectivity index (χ1v) is 9.62. The molecule has 0 fully saturated rings. The number of nitrogens with two attached hydrogens (primary N) is 2. The molecule has 0 aromatic heterocycles. The van der Waals surface area contributed by atoms with Gasteiger partial charge in [0.1, 0.15) is 18.7 Å². The minimum atomic E-state index is -0.999. The number of rotatable bonds is 10. The van der Waals surface area contributed by atoms with Gasteiger partial charge in [0, 0.05) is 0 Å². The Hall–Kier alpha value is -2.45. The van der Waals surface area contributed by atoms with Crippen LogP contribution in [0.1, 0.15) is 49.8 Å². The second kappa shape index (κ2) is 13.7. The molecule has 0 spiro atoms. The number of ether oxygens (including phenoxy) is 1. The van der Waals surface area contributed by atoms with Crippen LogP contribution in [0.4, 0.5) is 0 Å². The summed E-state index contributed by atoms with van der Waals surface area (Å²) in [5.74, 6) is -2.10. The highest BCUT2D eigenvalue weighted by Crippen LogP contribution is 2.12. The Labute approximate surface area is 172 Å². The summed E-state index contributed by atoms with van der Waals surface area (Å²) in [6, 6.07) is 4.74. The normalized spacial score (nSPS) is 12.5. The summed E-state index contributed by atoms with van der Waals surface area (Å²) < 4.78 is 4.80. The Morgan fingerprint density at radius 2 is 1.66 bits per heavy atom. The fraction of sp³-hybridized carbons (Fsp3) is 0.571. The largest absolute Gasteiger partial charge is 0.481 e. The molecule has 0 unspecified atom stereocenters. The lowest BCUT2D eigenvalue weighted by atomic mass is 10.0. The Bertz CT molecular complexity index is 675. The fourth-order valence-corrected chi connectivity index (χ4v) is 2.35. The van der Waals surface area contributed by atoms with Crippen LogP contribution in [0, 0.1) is 19.8 Å². The van der Waals surface area contributed by atoms with Crippen LogP contribution in [-0.4, -0.2) is 46.8 Å². The molecule has 0 aliphatic carbocycles. The van der Waals surface area contributed by atoms with Crippen LogP contribution in [-0.2, 0) is 25.5 Å². The highest BCUT2D eigenvalue weighted by molar-refractivity contribution is 5.76. The minimum Gasteiger partial charge on any atom is -0.481 e. The lowest BCUT2D eigenvalue weighted by Gasteiger charge is -2.11. The lowest BCUT2D eigenvalue weighted by Crippen LogP contribution is -2.33. The molecule has 164 valence electrons. The molecule has 8 nitrogen and oxygen atoms in total. The molecular weight excluding hydrogens is 376 g/mol. The van der Waals surface area contributed by atoms with Crippen molar-refractivity contribution in [2.24, 2.45) is 17.4 Å². The summed E-state index contributed by atoms with van der Waals surface area (Å²) in [4.78, 5) is 31.9. The molecule has 8 heteroatoms. The molecule has 1 aromatic carbocycles. The molecule has 0 aliphatic heterocycles. The fourth-order valence-electron chi connectivity index (χ4n) is 2.35. The molecule has 2 atom stereocenters. The number of hydrogen-bond donors (Lipinski definition) is 4. The molecule has 0 aliphatic rings. The molecule has 0 bridgehead atoms. The third-order valence-corrected chi connectivity index (χ3v) is 4.22. The van der Waals surface area contributed by atoms with E-state index >= 15 is 0 Å². The molecule has 0 heterocycles. The maximum Gasteiger partial charge on any atom is 0.322 e. The third-order valence-electron chi connectivity index (χ3n) is 4.22. The molecule has 29 heavy (non-hydrogen) atoms. The first kappa shape index (κ1) is 26.6. The molecule has 0 radical (unpaired) electrons. The number of benzene rings is 1. The summed E-state index contributed by atoms with van der Waals surface area (Å²) >= 11 is 0. The Morgan fingerprint density at radius 1 is 1.03 bits per heavy atom. The number of carboxylic acids is 2. The standard InChI is InChI=1S/C15H21NO4.C6H13NO2/c1-10-3-4-12(9-11(10)2)5-6-13(16)15(19)20-8-7-14(17)18;1-4(2)3-5(7)6(8)9/h3-4,9,13H,5-8,16H2,1-2H3,(H,17,18);4-5H,3,7H2,1-2H3,(H,8,9)/t13-;5-/m10/s1. The molecule has 0 amide bonds. The minimum absolute atomic E-state index is 0.133. The van der Waals surface area contributed by atoms with Gasteiger partial charge >= 0.3 is 17.9 Å². The SMILES string of the molecule is CC(C)C[C@H](N)C(=O)O.Cc1ccc(CC[C@@H](N)C(=O)OCCC(=O)O)cc1C. The summed E-state index contributed by atoms with van der Waals surface area (Å²) in [5, 5.41) is 16.7. The van der Waals surface area contributed by atoms with Gasteiger partial charge < -0.3 is 26.4 Å². The average Bonchev–Trinajstić information content (AvgIpc) is 2.61. The summed E-state index contributed by atoms with van der Waals surface area (Å²) in [7, 11) is 0. The number of carboxylic acid groups (broad SMARTS) is 2. The van der Waals surface area contributed by atoms with Gasteiger partial charge in [-0.25, -0.2) is 0 Å². The molecule has 0 saturated carbocycles. The first-order chi connectivity index (χ1) is 13.4. The summed E-state index contributed by atoms with van der Waals surface area (Å²) in [5.41, 5.74) is 14.5. The molecule has 1 aromatic rings. The lowest BCUT2D eigenvalue weighted by molar-refractivity contribution is -0.148. The van der Waals surface area contributed by atoms with Crippen molar-refractivity contribution in [3.8, 4) is 0 Å². The van der Waals surface area contributed by atoms with Crippen molar-refractivity contribution in [3.05, 3.63) is 34.9 Å². The van der Waals surface area contributed by atoms with Gasteiger partial charge in [-0.2, -0.15) is 0 Å². The van der Waals surface area contributed by atoms with Gasteiger partial charge in [0.15, 0.2) is 0 Å². The number of esters is 1. The maximum atomic E-state index is 11.5. The van der Waals surface area contributed by atoms with Crippen LogP contribution < -0.4 is 11.5 Å². The van der Waals surface area contributed by atoms with E-state index in [0.717, 1.165) is 5.56 Å². The van der Waals surface area contributed by atoms with Gasteiger partial charge in [-0.05, 0) is 55.7 Å². The number of hydrogen-bond acceptors (Lipinski definition) is 6. The monoisotopic (exact) mass is 410 g/mol. The second-order valence-corrected chi connectivity index (χ2v) is 7.45. The number of carbonyl (C=O) groups is 3. The van der Waals surface area contributed by atoms with Crippen LogP contribution in [0.15, 0.2) is 18.2 Å². The van der Waals surface area contributed by atoms with E-state index in [1.807, 2.05) is 39.8 Å². The molecular formula is C21H34N2O6. The highest BCUT2D eigenvalue weighted by atomic mass is 16.5. The van der Waals surface area contributed by atoms with E-state index in [1.165, 1.54) is 11.1 Å². The Balaban J connectivity index is 0.000000734. The Morgan fingerprint density at radius 3 is 2.10 bits per heavy atom. The predicted octanol–water partition coefficient (Wildman–Crippen LogP) is 2.03. The molecule has 1 rings (SSSR count). The van der Waals surface area contributed by atoms with E-state index < -0.39 is 30.0 Å². The van der Waals surface area contributed by atoms with Gasteiger partial charge in [-0.1, -0.05) is 32.0 Å². The number of aliphatic carboxylic acids is 2. The predicted molar refractivity (Wildman–Crippen MR) is 110 cm³/mol. The third kappa shape index (κ3) is 12.6. The first-order valence-electron chi connectivity index (χ1n) is 9.62. The quantitative estimate of drug-likeness (QED) is 0.427. The van der Waals surface area contributed by atoms with Crippen molar-refractivity contribution in [2.75, 3.05) is 6.61 Å². The van der Waals surface area contributed by atoms with Gasteiger partial charge in [0.2, 0.25) is 0 Å². The van der Waals surface area contributed by atoms with Crippen molar-refractivity contribution in [3.63, 3.8) is 0 Å². The van der Waals surface area contributed by atoms with E-state index in [2.05, 4.69) is 6.07 Å². The van der Waals surface area contributed by atoms with E-state index in [0.29, 0.717) is 25.2 Å². The zero-order valence-corrected chi connectivity index (χ0v) is 17.7. The number of aryl methyl sites for hydroxylation is 3. The van der Waals surface area contributed by atoms with E-state index in [4.69, 9.17) is 26.4 Å². The Kier molecular flexibility index (Phi) is 12.5. The smallest absolute Gasteiger partial charge is 0.322 e. The van der Waals surface area contributed by atoms with Crippen molar-refractivity contribution in [1.82, 2.24) is 0 Å². The molecule has 0 saturated heterocycles. The zero-order valence-electron chi connectivity index (χ0n) is 17.7. The van der Waals surface area contributed by atoms with Crippen molar-refractivity contribution in [1.29, 1.82) is 0 Å². The maximum absolute atomic E-state index is 11.5. The van der Waals surface area contributed by atoms with Crippen LogP contribution in [0.5, 0.6) is 0 Å². The number of carbonyl (C=O) groups excluding carboxylic acids is 1. The van der Waals surface area contributed by atoms with E-state index in [1.54, 1.807) is 0 Å². The van der Waals surface area contributed by atoms with Crippen molar-refractivity contribution < 1.29 is 29.3 Å². The van der Waals surface area contributed by atoms with Gasteiger partial charge in [0.05, 0.1) is 6.42 Å². The second-order valence-electron chi connectivity index (χ2n) is 7.45. The van der Waals surface area contributed by atoms with Gasteiger partial charge in [-0.15, -0.1) is 0 Å². The summed E-state index contributed by atoms with van der Waals surface area (Å²) in [6.45, 7) is 7.85. The van der Waals surface area contributed by atoms with Crippen LogP contribution in [0.2, 0.25) is 0 Å². The highest BCUT2D eigenvalue weighted by Gasteiger charge is 2.15. The van der Waals surface area contributed by atoms with Crippen molar-refractivity contribution in [2.45, 2.75) is 65.5 Å². The van der Waals surface area contributed by atoms with Gasteiger partial charge in [-0.3, -0.25) is 14.4 Å². The van der Waals surface area contributed by atoms with Gasteiger partial charge in [0.25, 0.3) is 0 Å². The van der Waals surface area contributed by atoms with Crippen LogP contribution >= 0.6 is 0 Å². The zero-order chi connectivity index (χ0) is 22.6. The van der Waals surface area contributed by atoms with Crippen LogP contribution in [0.3, 0.4) is 0 Å². The average molecular weight is 411 g/mol. The molecule has 6 N–H and O–H groups in total. The van der Waals surface area contributed by atoms with E-state index in [9.17, 15) is 14.4 Å². The summed E-state index contributed by atoms with van der Waals surface area (Å²) in [6.07, 6.45) is 1.52.